The number of carbonyl (C=O) groups excluding carboxylic acids is 2. The predicted molar refractivity (Wildman–Crippen MR) is 141 cm³/mol. The number of carbonyl (C=O) groups is 2. The zero-order valence-electron chi connectivity index (χ0n) is 21.8. The highest BCUT2D eigenvalue weighted by Crippen LogP contribution is 2.44. The van der Waals surface area contributed by atoms with E-state index in [4.69, 9.17) is 4.74 Å². The number of ether oxygens (including phenoxy) is 1. The van der Waals surface area contributed by atoms with Crippen LogP contribution < -0.4 is 9.64 Å². The number of rotatable bonds is 5. The topological polar surface area (TPSA) is 87.1 Å². The minimum atomic E-state index is -4.68. The largest absolute Gasteiger partial charge is 0.508 e. The van der Waals surface area contributed by atoms with Crippen LogP contribution in [0.5, 0.6) is 11.5 Å². The summed E-state index contributed by atoms with van der Waals surface area (Å²) in [4.78, 5) is 27.6. The van der Waals surface area contributed by atoms with Crippen molar-refractivity contribution in [1.29, 1.82) is 0 Å². The lowest BCUT2D eigenvalue weighted by Gasteiger charge is -2.26. The molecule has 9 heteroatoms. The van der Waals surface area contributed by atoms with Crippen LogP contribution in [0.15, 0.2) is 72.3 Å². The number of aromatic hydroxyl groups is 1. The highest BCUT2D eigenvalue weighted by Gasteiger charge is 2.47. The lowest BCUT2D eigenvalue weighted by molar-refractivity contribution is -0.137. The first-order valence-corrected chi connectivity index (χ1v) is 12.3. The van der Waals surface area contributed by atoms with Crippen molar-refractivity contribution < 1.29 is 37.7 Å². The fourth-order valence-electron chi connectivity index (χ4n) is 4.60. The van der Waals surface area contributed by atoms with Crippen LogP contribution in [-0.4, -0.2) is 28.5 Å². The molecule has 0 aromatic heterocycles. The van der Waals surface area contributed by atoms with Gasteiger partial charge in [0.1, 0.15) is 17.3 Å². The third-order valence-corrected chi connectivity index (χ3v) is 6.47. The standard InChI is InChI=1S/C30H28F3NO5/c1-5-39-23-14-11-18(15-22(23)29(2,3)4)26(36)24-25(17-9-12-21(35)13-10-17)34(28(38)27(24)37)20-8-6-7-19(16-20)30(31,32)33/h6-16,25,35-36H,5H2,1-4H3/b26-24-. The van der Waals surface area contributed by atoms with Gasteiger partial charge in [-0.1, -0.05) is 39.0 Å². The Labute approximate surface area is 224 Å². The highest BCUT2D eigenvalue weighted by atomic mass is 19.4. The maximum Gasteiger partial charge on any atom is 0.416 e. The summed E-state index contributed by atoms with van der Waals surface area (Å²) in [5.74, 6) is -2.10. The zero-order valence-corrected chi connectivity index (χ0v) is 21.8. The summed E-state index contributed by atoms with van der Waals surface area (Å²) in [5, 5.41) is 21.3. The van der Waals surface area contributed by atoms with Crippen molar-refractivity contribution in [3.8, 4) is 11.5 Å². The average molecular weight is 540 g/mol. The molecule has 0 aliphatic carbocycles. The summed E-state index contributed by atoms with van der Waals surface area (Å²) in [6, 6.07) is 13.3. The van der Waals surface area contributed by atoms with E-state index >= 15 is 0 Å². The van der Waals surface area contributed by atoms with Gasteiger partial charge in [-0.15, -0.1) is 0 Å². The van der Waals surface area contributed by atoms with E-state index in [1.165, 1.54) is 30.3 Å². The number of halogens is 3. The summed E-state index contributed by atoms with van der Waals surface area (Å²) in [7, 11) is 0. The quantitative estimate of drug-likeness (QED) is 0.213. The summed E-state index contributed by atoms with van der Waals surface area (Å²) in [5.41, 5.74) is -0.531. The SMILES string of the molecule is CCOc1ccc(/C(O)=C2/C(=O)C(=O)N(c3cccc(C(F)(F)F)c3)C2c2ccc(O)cc2)cc1C(C)(C)C. The Kier molecular flexibility index (Phi) is 7.21. The molecule has 204 valence electrons. The van der Waals surface area contributed by atoms with E-state index in [-0.39, 0.29) is 22.6 Å². The molecule has 1 atom stereocenters. The molecule has 1 fully saturated rings. The molecule has 3 aromatic carbocycles. The fraction of sp³-hybridized carbons (Fsp3) is 0.267. The van der Waals surface area contributed by atoms with Crippen LogP contribution in [0, 0.1) is 0 Å². The molecule has 4 rings (SSSR count). The van der Waals surface area contributed by atoms with E-state index in [1.807, 2.05) is 27.7 Å². The monoisotopic (exact) mass is 539 g/mol. The molecule has 39 heavy (non-hydrogen) atoms. The Morgan fingerprint density at radius 1 is 0.974 bits per heavy atom. The third kappa shape index (κ3) is 5.34. The van der Waals surface area contributed by atoms with Crippen molar-refractivity contribution in [3.05, 3.63) is 94.6 Å². The normalized spacial score (nSPS) is 17.5. The van der Waals surface area contributed by atoms with Crippen LogP contribution in [-0.2, 0) is 21.2 Å². The summed E-state index contributed by atoms with van der Waals surface area (Å²) >= 11 is 0. The molecule has 1 aliphatic rings. The molecular formula is C30H28F3NO5. The van der Waals surface area contributed by atoms with Gasteiger partial charge in [-0.3, -0.25) is 14.5 Å². The van der Waals surface area contributed by atoms with Crippen LogP contribution in [0.3, 0.4) is 0 Å². The van der Waals surface area contributed by atoms with Crippen LogP contribution in [0.1, 0.15) is 56.0 Å². The molecule has 1 heterocycles. The number of aliphatic hydroxyl groups is 1. The average Bonchev–Trinajstić information content (AvgIpc) is 3.13. The van der Waals surface area contributed by atoms with Gasteiger partial charge in [0.25, 0.3) is 11.7 Å². The smallest absolute Gasteiger partial charge is 0.416 e. The van der Waals surface area contributed by atoms with Gasteiger partial charge in [0.2, 0.25) is 0 Å². The summed E-state index contributed by atoms with van der Waals surface area (Å²) in [6.07, 6.45) is -4.68. The number of ketones is 1. The molecule has 0 bridgehead atoms. The van der Waals surface area contributed by atoms with Crippen molar-refractivity contribution in [2.75, 3.05) is 11.5 Å². The number of phenolic OH excluding ortho intramolecular Hbond substituents is 1. The minimum absolute atomic E-state index is 0.0869. The van der Waals surface area contributed by atoms with Crippen LogP contribution in [0.4, 0.5) is 18.9 Å². The van der Waals surface area contributed by atoms with Gasteiger partial charge in [0, 0.05) is 16.8 Å². The highest BCUT2D eigenvalue weighted by molar-refractivity contribution is 6.51. The minimum Gasteiger partial charge on any atom is -0.508 e. The Balaban J connectivity index is 1.95. The maximum atomic E-state index is 13.5. The summed E-state index contributed by atoms with van der Waals surface area (Å²) in [6.45, 7) is 8.12. The maximum absolute atomic E-state index is 13.5. The Hall–Kier alpha value is -4.27. The van der Waals surface area contributed by atoms with Crippen LogP contribution in [0.25, 0.3) is 5.76 Å². The predicted octanol–water partition coefficient (Wildman–Crippen LogP) is 6.73. The Morgan fingerprint density at radius 3 is 2.23 bits per heavy atom. The second-order valence-electron chi connectivity index (χ2n) is 10.2. The van der Waals surface area contributed by atoms with E-state index in [9.17, 15) is 33.0 Å². The van der Waals surface area contributed by atoms with Gasteiger partial charge < -0.3 is 14.9 Å². The molecule has 0 spiro atoms. The number of hydrogen-bond donors (Lipinski definition) is 2. The number of Topliss-reactive ketones (excluding diaryl/α,β-unsaturated/α-hetero) is 1. The second kappa shape index (κ2) is 10.1. The number of phenols is 1. The molecule has 2 N–H and O–H groups in total. The van der Waals surface area contributed by atoms with E-state index in [0.29, 0.717) is 17.9 Å². The van der Waals surface area contributed by atoms with Gasteiger partial charge >= 0.3 is 6.18 Å². The van der Waals surface area contributed by atoms with E-state index in [1.54, 1.807) is 18.2 Å². The van der Waals surface area contributed by atoms with Crippen molar-refractivity contribution in [3.63, 3.8) is 0 Å². The number of amides is 1. The first kappa shape index (κ1) is 27.8. The number of hydrogen-bond acceptors (Lipinski definition) is 5. The number of aliphatic hydroxyl groups excluding tert-OH is 1. The van der Waals surface area contributed by atoms with Gasteiger partial charge in [-0.2, -0.15) is 13.2 Å². The molecule has 0 saturated carbocycles. The molecule has 3 aromatic rings. The number of nitrogens with zero attached hydrogens (tertiary/aromatic N) is 1. The van der Waals surface area contributed by atoms with Crippen molar-refractivity contribution in [2.45, 2.75) is 45.3 Å². The van der Waals surface area contributed by atoms with Crippen molar-refractivity contribution >= 4 is 23.1 Å². The lowest BCUT2D eigenvalue weighted by Crippen LogP contribution is -2.29. The number of anilines is 1. The first-order chi connectivity index (χ1) is 18.2. The molecule has 0 radical (unpaired) electrons. The Bertz CT molecular complexity index is 1450. The van der Waals surface area contributed by atoms with E-state index in [0.717, 1.165) is 28.7 Å². The summed E-state index contributed by atoms with van der Waals surface area (Å²) < 4.78 is 46.2. The van der Waals surface area contributed by atoms with Gasteiger partial charge in [0.15, 0.2) is 0 Å². The first-order valence-electron chi connectivity index (χ1n) is 12.3. The van der Waals surface area contributed by atoms with Gasteiger partial charge in [-0.25, -0.2) is 0 Å². The van der Waals surface area contributed by atoms with E-state index in [2.05, 4.69) is 0 Å². The van der Waals surface area contributed by atoms with Gasteiger partial charge in [-0.05, 0) is 66.4 Å². The van der Waals surface area contributed by atoms with E-state index < -0.39 is 40.6 Å². The zero-order chi connectivity index (χ0) is 28.7. The van der Waals surface area contributed by atoms with Crippen LogP contribution >= 0.6 is 0 Å². The Morgan fingerprint density at radius 2 is 1.64 bits per heavy atom. The third-order valence-electron chi connectivity index (χ3n) is 6.47. The second-order valence-corrected chi connectivity index (χ2v) is 10.2. The van der Waals surface area contributed by atoms with Gasteiger partial charge in [0.05, 0.1) is 23.8 Å². The molecule has 1 unspecified atom stereocenters. The molecule has 1 saturated heterocycles. The molecular weight excluding hydrogens is 511 g/mol. The molecule has 1 aliphatic heterocycles. The number of alkyl halides is 3. The van der Waals surface area contributed by atoms with Crippen molar-refractivity contribution in [2.24, 2.45) is 0 Å². The van der Waals surface area contributed by atoms with Crippen molar-refractivity contribution in [1.82, 2.24) is 0 Å². The fourth-order valence-corrected chi connectivity index (χ4v) is 4.60. The molecule has 6 nitrogen and oxygen atoms in total. The van der Waals surface area contributed by atoms with Crippen LogP contribution in [0.2, 0.25) is 0 Å². The molecule has 1 amide bonds. The number of benzene rings is 3. The lowest BCUT2D eigenvalue weighted by atomic mass is 9.84.